The molecule has 0 aromatic rings. The first-order valence-electron chi connectivity index (χ1n) is 9.27. The Balaban J connectivity index is -0.0000000569. The third kappa shape index (κ3) is 115. The summed E-state index contributed by atoms with van der Waals surface area (Å²) in [5, 5.41) is 31.7. The van der Waals surface area contributed by atoms with Crippen molar-refractivity contribution in [1.29, 1.82) is 0 Å². The second-order valence-electron chi connectivity index (χ2n) is 5.15. The summed E-state index contributed by atoms with van der Waals surface area (Å²) in [6.07, 6.45) is 4.09. The maximum absolute atomic E-state index is 9.60. The standard InChI is InChI=1S/4C4H8O2.C2H8N2.K.H/c4*1-2-3-4(5)6;3-1-2-4;;/h4*2-3H2,1H3,(H,5,6);1-4H2;;. The van der Waals surface area contributed by atoms with E-state index < -0.39 is 23.9 Å². The number of hydrogen-bond donors (Lipinski definition) is 6. The van der Waals surface area contributed by atoms with Gasteiger partial charge in [-0.25, -0.2) is 0 Å². The predicted molar refractivity (Wildman–Crippen MR) is 115 cm³/mol. The zero-order valence-corrected chi connectivity index (χ0v) is 17.6. The molecule has 0 amide bonds. The number of aliphatic carboxylic acids is 4. The van der Waals surface area contributed by atoms with Gasteiger partial charge in [-0.1, -0.05) is 27.7 Å². The monoisotopic (exact) mass is 452 g/mol. The Morgan fingerprint density at radius 2 is 0.655 bits per heavy atom. The number of hydrogen-bond acceptors (Lipinski definition) is 6. The van der Waals surface area contributed by atoms with E-state index in [9.17, 15) is 19.2 Å². The van der Waals surface area contributed by atoms with Crippen LogP contribution in [0.25, 0.3) is 0 Å². The average molecular weight is 453 g/mol. The minimum absolute atomic E-state index is 0. The van der Waals surface area contributed by atoms with Crippen molar-refractivity contribution in [2.24, 2.45) is 11.5 Å². The topological polar surface area (TPSA) is 201 Å². The van der Waals surface area contributed by atoms with Gasteiger partial charge in [0.25, 0.3) is 0 Å². The Hall–Kier alpha value is -0.564. The van der Waals surface area contributed by atoms with E-state index in [1.54, 1.807) is 0 Å². The van der Waals surface area contributed by atoms with Crippen molar-refractivity contribution in [2.45, 2.75) is 79.1 Å². The first-order chi connectivity index (χ1) is 13.0. The van der Waals surface area contributed by atoms with Gasteiger partial charge in [-0.2, -0.15) is 0 Å². The molecule has 11 heteroatoms. The Morgan fingerprint density at radius 1 is 0.517 bits per heavy atom. The molecular weight excluding hydrogens is 411 g/mol. The van der Waals surface area contributed by atoms with Crippen LogP contribution in [-0.4, -0.2) is 109 Å². The van der Waals surface area contributed by atoms with Gasteiger partial charge in [0.15, 0.2) is 0 Å². The summed E-state index contributed by atoms with van der Waals surface area (Å²) in [5.41, 5.74) is 9.81. The Morgan fingerprint density at radius 3 is 0.655 bits per heavy atom. The fourth-order valence-corrected chi connectivity index (χ4v) is 0.855. The molecule has 0 bridgehead atoms. The minimum atomic E-state index is -0.711. The molecule has 0 heterocycles. The number of rotatable bonds is 9. The summed E-state index contributed by atoms with van der Waals surface area (Å²) < 4.78 is 0. The van der Waals surface area contributed by atoms with Gasteiger partial charge < -0.3 is 31.9 Å². The number of carbonyl (C=O) groups is 4. The first kappa shape index (κ1) is 42.5. The molecule has 0 aromatic carbocycles. The summed E-state index contributed by atoms with van der Waals surface area (Å²) >= 11 is 0. The molecule has 0 aliphatic heterocycles. The second kappa shape index (κ2) is 41.7. The van der Waals surface area contributed by atoms with Crippen LogP contribution in [0.5, 0.6) is 0 Å². The molecule has 0 aliphatic rings. The fraction of sp³-hybridized carbons (Fsp3) is 0.778. The average Bonchev–Trinajstić information content (AvgIpc) is 2.56. The van der Waals surface area contributed by atoms with E-state index in [4.69, 9.17) is 31.9 Å². The van der Waals surface area contributed by atoms with Crippen molar-refractivity contribution in [3.05, 3.63) is 0 Å². The van der Waals surface area contributed by atoms with Crippen LogP contribution in [0.1, 0.15) is 79.1 Å². The first-order valence-corrected chi connectivity index (χ1v) is 9.27. The van der Waals surface area contributed by atoms with Gasteiger partial charge in [0.1, 0.15) is 0 Å². The van der Waals surface area contributed by atoms with Crippen molar-refractivity contribution in [3.63, 3.8) is 0 Å². The third-order valence-electron chi connectivity index (χ3n) is 2.02. The molecule has 172 valence electrons. The van der Waals surface area contributed by atoms with E-state index in [1.807, 2.05) is 27.7 Å². The van der Waals surface area contributed by atoms with Gasteiger partial charge in [0, 0.05) is 38.8 Å². The Labute approximate surface area is 216 Å². The molecule has 0 aliphatic carbocycles. The summed E-state index contributed by atoms with van der Waals surface area (Å²) in [5.74, 6) is -2.84. The molecule has 0 radical (unpaired) electrons. The van der Waals surface area contributed by atoms with Crippen molar-refractivity contribution in [1.82, 2.24) is 0 Å². The molecule has 0 fully saturated rings. The molecule has 0 rings (SSSR count). The molecule has 0 saturated carbocycles. The third-order valence-corrected chi connectivity index (χ3v) is 2.02. The molecule has 8 N–H and O–H groups in total. The SMILES string of the molecule is CCCC(=O)O.CCCC(=O)O.CCCC(=O)O.CCCC(=O)O.NCCN.[KH]. The van der Waals surface area contributed by atoms with E-state index in [-0.39, 0.29) is 51.4 Å². The summed E-state index contributed by atoms with van der Waals surface area (Å²) in [6.45, 7) is 8.56. The van der Waals surface area contributed by atoms with Crippen LogP contribution in [0.4, 0.5) is 0 Å². The molecule has 10 nitrogen and oxygen atoms in total. The van der Waals surface area contributed by atoms with Crippen LogP contribution in [0.15, 0.2) is 0 Å². The molecule has 29 heavy (non-hydrogen) atoms. The Bertz CT molecular complexity index is 304. The van der Waals surface area contributed by atoms with Crippen LogP contribution >= 0.6 is 0 Å². The van der Waals surface area contributed by atoms with Gasteiger partial charge in [0.05, 0.1) is 0 Å². The van der Waals surface area contributed by atoms with Crippen LogP contribution in [-0.2, 0) is 19.2 Å². The molecule has 0 spiro atoms. The van der Waals surface area contributed by atoms with E-state index >= 15 is 0 Å². The van der Waals surface area contributed by atoms with E-state index in [1.165, 1.54) is 0 Å². The second-order valence-corrected chi connectivity index (χ2v) is 5.15. The van der Waals surface area contributed by atoms with Crippen molar-refractivity contribution in [2.75, 3.05) is 13.1 Å². The van der Waals surface area contributed by atoms with Gasteiger partial charge in [-0.15, -0.1) is 0 Å². The summed E-state index contributed by atoms with van der Waals surface area (Å²) in [7, 11) is 0. The zero-order valence-electron chi connectivity index (χ0n) is 17.6. The molecule has 0 aromatic heterocycles. The Kier molecular flexibility index (Phi) is 61.2. The van der Waals surface area contributed by atoms with Crippen molar-refractivity contribution in [3.8, 4) is 0 Å². The van der Waals surface area contributed by atoms with E-state index in [0.717, 1.165) is 25.7 Å². The normalized spacial score (nSPS) is 7.79. The molecule has 0 saturated heterocycles. The van der Waals surface area contributed by atoms with Crippen molar-refractivity contribution >= 4 is 75.3 Å². The van der Waals surface area contributed by atoms with Gasteiger partial charge in [0.2, 0.25) is 0 Å². The fourth-order valence-electron chi connectivity index (χ4n) is 0.855. The number of carboxylic acid groups (broad SMARTS) is 4. The molecule has 0 unspecified atom stereocenters. The van der Waals surface area contributed by atoms with Crippen molar-refractivity contribution < 1.29 is 39.6 Å². The predicted octanol–water partition coefficient (Wildman–Crippen LogP) is 1.74. The van der Waals surface area contributed by atoms with Gasteiger partial charge >= 0.3 is 75.3 Å². The van der Waals surface area contributed by atoms with E-state index in [0.29, 0.717) is 38.8 Å². The maximum atomic E-state index is 9.60. The molecular formula is C18H41KN2O8. The quantitative estimate of drug-likeness (QED) is 0.280. The van der Waals surface area contributed by atoms with Crippen LogP contribution in [0, 0.1) is 0 Å². The number of nitrogens with two attached hydrogens (primary N) is 2. The van der Waals surface area contributed by atoms with Gasteiger partial charge in [-0.3, -0.25) is 19.2 Å². The molecule has 0 atom stereocenters. The summed E-state index contributed by atoms with van der Waals surface area (Å²) in [4.78, 5) is 38.4. The van der Waals surface area contributed by atoms with E-state index in [2.05, 4.69) is 0 Å². The number of carboxylic acids is 4. The van der Waals surface area contributed by atoms with Crippen LogP contribution in [0.3, 0.4) is 0 Å². The van der Waals surface area contributed by atoms with Crippen LogP contribution in [0.2, 0.25) is 0 Å². The van der Waals surface area contributed by atoms with Crippen LogP contribution < -0.4 is 11.5 Å². The van der Waals surface area contributed by atoms with Gasteiger partial charge in [-0.05, 0) is 25.7 Å². The summed E-state index contributed by atoms with van der Waals surface area (Å²) in [6, 6.07) is 0. The zero-order chi connectivity index (χ0) is 23.4.